The molecular weight excluding hydrogens is 558 g/mol. The van der Waals surface area contributed by atoms with Gasteiger partial charge in [-0.2, -0.15) is 0 Å². The Morgan fingerprint density at radius 2 is 1.72 bits per heavy atom. The molecule has 5 N–H and O–H groups in total. The lowest BCUT2D eigenvalue weighted by molar-refractivity contribution is -0.215. The average Bonchev–Trinajstić information content (AvgIpc) is 3.24. The fourth-order valence-electron chi connectivity index (χ4n) is 6.36. The number of piperidine rings is 1. The Hall–Kier alpha value is -3.71. The maximum absolute atomic E-state index is 14.1. The molecule has 3 fully saturated rings. The van der Waals surface area contributed by atoms with Gasteiger partial charge in [0.1, 0.15) is 17.8 Å². The molecule has 1 heterocycles. The zero-order valence-corrected chi connectivity index (χ0v) is 25.6. The number of anilines is 1. The van der Waals surface area contributed by atoms with Crippen LogP contribution in [0.1, 0.15) is 60.3 Å². The van der Waals surface area contributed by atoms with Crippen LogP contribution in [0.15, 0.2) is 24.3 Å². The molecule has 13 heteroatoms. The molecule has 13 nitrogen and oxygen atoms in total. The van der Waals surface area contributed by atoms with E-state index in [1.54, 1.807) is 20.8 Å². The lowest BCUT2D eigenvalue weighted by atomic mass is 9.80. The molecule has 0 aromatic heterocycles. The number of rotatable bonds is 11. The van der Waals surface area contributed by atoms with Crippen molar-refractivity contribution in [1.29, 1.82) is 0 Å². The molecular formula is C30H43N5O8. The molecule has 2 saturated carbocycles. The monoisotopic (exact) mass is 601 g/mol. The number of hydrogen-bond acceptors (Lipinski definition) is 9. The highest BCUT2D eigenvalue weighted by atomic mass is 17.2. The van der Waals surface area contributed by atoms with Crippen molar-refractivity contribution in [1.82, 2.24) is 20.9 Å². The van der Waals surface area contributed by atoms with Gasteiger partial charge in [-0.15, -0.1) is 4.99 Å². The number of carbonyl (C=O) groups excluding carboxylic acids is 5. The topological polar surface area (TPSA) is 175 Å². The Kier molecular flexibility index (Phi) is 9.36. The number of hydrogen-bond donors (Lipinski definition) is 5. The molecule has 3 aliphatic rings. The number of likely N-dealkylation sites (N-methyl/N-ethyl adjacent to an activating group) is 1. The lowest BCUT2D eigenvalue weighted by Crippen LogP contribution is -2.61. The molecule has 0 spiro atoms. The third-order valence-electron chi connectivity index (χ3n) is 9.24. The quantitative estimate of drug-likeness (QED) is 0.145. The number of amides is 4. The smallest absolute Gasteiger partial charge is 0.410 e. The average molecular weight is 602 g/mol. The van der Waals surface area contributed by atoms with Gasteiger partial charge in [0.05, 0.1) is 11.7 Å². The van der Waals surface area contributed by atoms with Crippen molar-refractivity contribution in [2.24, 2.45) is 28.6 Å². The van der Waals surface area contributed by atoms with E-state index < -0.39 is 53.1 Å². The molecule has 43 heavy (non-hydrogen) atoms. The van der Waals surface area contributed by atoms with E-state index in [0.29, 0.717) is 18.7 Å². The third kappa shape index (κ3) is 6.93. The Balaban J connectivity index is 1.51. The van der Waals surface area contributed by atoms with Crippen molar-refractivity contribution in [3.63, 3.8) is 0 Å². The number of nitrogens with one attached hydrogen (secondary N) is 4. The van der Waals surface area contributed by atoms with E-state index in [4.69, 9.17) is 9.99 Å². The number of likely N-dealkylation sites (tertiary alicyclic amines) is 1. The van der Waals surface area contributed by atoms with Crippen molar-refractivity contribution >= 4 is 35.3 Å². The Labute approximate surface area is 251 Å². The Morgan fingerprint density at radius 3 is 2.26 bits per heavy atom. The Bertz CT molecular complexity index is 1240. The van der Waals surface area contributed by atoms with Gasteiger partial charge in [-0.3, -0.25) is 19.2 Å². The van der Waals surface area contributed by atoms with Gasteiger partial charge >= 0.3 is 6.09 Å². The summed E-state index contributed by atoms with van der Waals surface area (Å²) in [6.07, 6.45) is 2.44. The van der Waals surface area contributed by atoms with Crippen LogP contribution < -0.4 is 26.2 Å². The summed E-state index contributed by atoms with van der Waals surface area (Å²) < 4.78 is 5.38. The highest BCUT2D eigenvalue weighted by molar-refractivity contribution is 6.38. The molecule has 4 rings (SSSR count). The predicted octanol–water partition coefficient (Wildman–Crippen LogP) is 2.48. The predicted molar refractivity (Wildman–Crippen MR) is 155 cm³/mol. The van der Waals surface area contributed by atoms with Gasteiger partial charge in [-0.1, -0.05) is 53.9 Å². The van der Waals surface area contributed by atoms with Crippen LogP contribution in [-0.2, 0) is 24.2 Å². The minimum atomic E-state index is -1.03. The zero-order valence-electron chi connectivity index (χ0n) is 25.6. The summed E-state index contributed by atoms with van der Waals surface area (Å²) in [5, 5.41) is 16.4. The molecule has 0 radical (unpaired) electrons. The maximum Gasteiger partial charge on any atom is 0.413 e. The van der Waals surface area contributed by atoms with Crippen molar-refractivity contribution in [2.45, 2.75) is 78.4 Å². The van der Waals surface area contributed by atoms with E-state index in [1.165, 1.54) is 36.2 Å². The molecule has 1 aliphatic heterocycles. The summed E-state index contributed by atoms with van der Waals surface area (Å²) in [6, 6.07) is 3.12. The highest BCUT2D eigenvalue weighted by Crippen LogP contribution is 2.65. The standard InChI is InChI=1S/C30H43N5O8/c1-29(2,3)24(33-28(40)42-18-12-10-17(11-13-18)34-43-41)27(39)35-15-19-21(30(19,4)5)22(35)25(37)32-20(14-16-8-7-9-16)23(36)26(38)31-6/h10-13,16,19-22,24,34,41H,7-9,14-15H2,1-6H3,(H,31,38)(H,32,37)(H,33,40)/t19-,20?,21-,22-,24+/m0/s1. The van der Waals surface area contributed by atoms with E-state index in [0.717, 1.165) is 19.3 Å². The van der Waals surface area contributed by atoms with Gasteiger partial charge in [0, 0.05) is 13.6 Å². The van der Waals surface area contributed by atoms with Crippen molar-refractivity contribution in [3.05, 3.63) is 24.3 Å². The second-order valence-electron chi connectivity index (χ2n) is 13.5. The normalized spacial score (nSPS) is 23.6. The Morgan fingerprint density at radius 1 is 1.07 bits per heavy atom. The van der Waals surface area contributed by atoms with Crippen molar-refractivity contribution < 1.29 is 39.0 Å². The number of nitrogens with zero attached hydrogens (tertiary/aromatic N) is 1. The van der Waals surface area contributed by atoms with E-state index in [2.05, 4.69) is 40.3 Å². The fraction of sp³-hybridized carbons (Fsp3) is 0.633. The first-order valence-electron chi connectivity index (χ1n) is 14.7. The first-order chi connectivity index (χ1) is 20.2. The third-order valence-corrected chi connectivity index (χ3v) is 9.24. The summed E-state index contributed by atoms with van der Waals surface area (Å²) >= 11 is 0. The summed E-state index contributed by atoms with van der Waals surface area (Å²) in [6.45, 7) is 9.84. The first kappa shape index (κ1) is 32.2. The lowest BCUT2D eigenvalue weighted by Gasteiger charge is -2.38. The molecule has 236 valence electrons. The number of ketones is 1. The number of benzene rings is 1. The van der Waals surface area contributed by atoms with Crippen molar-refractivity contribution in [2.75, 3.05) is 19.1 Å². The second-order valence-corrected chi connectivity index (χ2v) is 13.5. The van der Waals surface area contributed by atoms with Crippen LogP contribution in [-0.4, -0.2) is 71.5 Å². The second kappa shape index (κ2) is 12.5. The zero-order chi connectivity index (χ0) is 31.7. The van der Waals surface area contributed by atoms with E-state index >= 15 is 0 Å². The fourth-order valence-corrected chi connectivity index (χ4v) is 6.36. The number of Topliss-reactive ketones (excluding diaryl/α,β-unsaturated/α-hetero) is 1. The number of ether oxygens (including phenoxy) is 1. The van der Waals surface area contributed by atoms with Crippen molar-refractivity contribution in [3.8, 4) is 5.75 Å². The van der Waals surface area contributed by atoms with Crippen LogP contribution >= 0.6 is 0 Å². The summed E-state index contributed by atoms with van der Waals surface area (Å²) in [4.78, 5) is 71.4. The van der Waals surface area contributed by atoms with Crippen LogP contribution in [0.3, 0.4) is 0 Å². The van der Waals surface area contributed by atoms with Crippen LogP contribution in [0.5, 0.6) is 5.75 Å². The minimum absolute atomic E-state index is 0.0783. The minimum Gasteiger partial charge on any atom is -0.410 e. The van der Waals surface area contributed by atoms with Gasteiger partial charge in [0.2, 0.25) is 17.6 Å². The van der Waals surface area contributed by atoms with Crippen LogP contribution in [0, 0.1) is 28.6 Å². The number of fused-ring (bicyclic) bond motifs is 1. The molecule has 1 aromatic rings. The van der Waals surface area contributed by atoms with Gasteiger partial charge < -0.3 is 25.6 Å². The molecule has 5 atom stereocenters. The van der Waals surface area contributed by atoms with Gasteiger partial charge in [-0.05, 0) is 59.3 Å². The SMILES string of the molecule is CNC(=O)C(=O)C(CC1CCC1)NC(=O)[C@@H]1[C@@H]2[C@H](CN1C(=O)[C@@H](NC(=O)Oc1ccc(NOO)cc1)C(C)(C)C)C2(C)C. The van der Waals surface area contributed by atoms with Gasteiger partial charge in [0.15, 0.2) is 0 Å². The van der Waals surface area contributed by atoms with Crippen LogP contribution in [0.2, 0.25) is 0 Å². The molecule has 1 aromatic carbocycles. The highest BCUT2D eigenvalue weighted by Gasteiger charge is 2.70. The molecule has 2 aliphatic carbocycles. The summed E-state index contributed by atoms with van der Waals surface area (Å²) in [7, 11) is 1.38. The molecule has 0 bridgehead atoms. The summed E-state index contributed by atoms with van der Waals surface area (Å²) in [5.74, 6) is -1.97. The molecule has 1 saturated heterocycles. The van der Waals surface area contributed by atoms with E-state index in [1.807, 2.05) is 0 Å². The van der Waals surface area contributed by atoms with E-state index in [-0.39, 0.29) is 28.9 Å². The van der Waals surface area contributed by atoms with Gasteiger partial charge in [-0.25, -0.2) is 15.5 Å². The van der Waals surface area contributed by atoms with Crippen LogP contribution in [0.4, 0.5) is 10.5 Å². The maximum atomic E-state index is 14.1. The van der Waals surface area contributed by atoms with Crippen LogP contribution in [0.25, 0.3) is 0 Å². The van der Waals surface area contributed by atoms with Gasteiger partial charge in [0.25, 0.3) is 5.91 Å². The number of carbonyl (C=O) groups is 5. The molecule has 4 amide bonds. The molecule has 1 unspecified atom stereocenters. The largest absolute Gasteiger partial charge is 0.413 e. The van der Waals surface area contributed by atoms with E-state index in [9.17, 15) is 24.0 Å². The summed E-state index contributed by atoms with van der Waals surface area (Å²) in [5.41, 5.74) is 1.73. The first-order valence-corrected chi connectivity index (χ1v) is 14.7.